The molecule has 1 saturated carbocycles. The highest BCUT2D eigenvalue weighted by molar-refractivity contribution is 5.73. The van der Waals surface area contributed by atoms with E-state index in [0.29, 0.717) is 6.04 Å². The first kappa shape index (κ1) is 14.3. The molecule has 2 saturated heterocycles. The van der Waals surface area contributed by atoms with E-state index in [1.807, 2.05) is 0 Å². The Hall–Kier alpha value is -0.610. The summed E-state index contributed by atoms with van der Waals surface area (Å²) in [5.41, 5.74) is 0. The predicted octanol–water partition coefficient (Wildman–Crippen LogP) is 2.66. The average molecular weight is 281 g/mol. The Bertz CT molecular complexity index is 341. The number of carboxylic acids is 1. The van der Waals surface area contributed by atoms with Crippen LogP contribution in [0.3, 0.4) is 0 Å². The Labute approximate surface area is 121 Å². The van der Waals surface area contributed by atoms with Crippen LogP contribution in [-0.2, 0) is 9.53 Å². The molecule has 20 heavy (non-hydrogen) atoms. The summed E-state index contributed by atoms with van der Waals surface area (Å²) in [5, 5.41) is 9.55. The number of ether oxygens (including phenoxy) is 1. The molecule has 4 heteroatoms. The van der Waals surface area contributed by atoms with Crippen molar-refractivity contribution in [3.8, 4) is 0 Å². The van der Waals surface area contributed by atoms with E-state index in [1.165, 1.54) is 32.1 Å². The summed E-state index contributed by atoms with van der Waals surface area (Å²) in [5.74, 6) is 0.0905. The standard InChI is InChI=1S/C16H27NO3/c18-16(19)15-9-8-12-5-1-2-7-14(12)17(15)11-13-6-3-4-10-20-13/h12-15H,1-11H2,(H,18,19). The molecule has 0 aromatic heterocycles. The molecule has 0 aromatic carbocycles. The van der Waals surface area contributed by atoms with Gasteiger partial charge in [-0.25, -0.2) is 0 Å². The van der Waals surface area contributed by atoms with Gasteiger partial charge in [-0.2, -0.15) is 0 Å². The molecule has 3 aliphatic rings. The number of aliphatic carboxylic acids is 1. The quantitative estimate of drug-likeness (QED) is 0.864. The van der Waals surface area contributed by atoms with Crippen LogP contribution in [-0.4, -0.2) is 47.3 Å². The van der Waals surface area contributed by atoms with E-state index in [4.69, 9.17) is 4.74 Å². The molecule has 4 unspecified atom stereocenters. The number of likely N-dealkylation sites (tertiary alicyclic amines) is 1. The van der Waals surface area contributed by atoms with Crippen LogP contribution in [0, 0.1) is 5.92 Å². The van der Waals surface area contributed by atoms with Crippen LogP contribution in [0.1, 0.15) is 57.8 Å². The van der Waals surface area contributed by atoms with E-state index < -0.39 is 5.97 Å². The Morgan fingerprint density at radius 3 is 2.60 bits per heavy atom. The van der Waals surface area contributed by atoms with Gasteiger partial charge in [-0.1, -0.05) is 12.8 Å². The summed E-state index contributed by atoms with van der Waals surface area (Å²) in [6, 6.07) is 0.212. The van der Waals surface area contributed by atoms with E-state index in [2.05, 4.69) is 4.90 Å². The topological polar surface area (TPSA) is 49.8 Å². The van der Waals surface area contributed by atoms with Crippen LogP contribution in [0.25, 0.3) is 0 Å². The van der Waals surface area contributed by atoms with Crippen LogP contribution in [0.5, 0.6) is 0 Å². The second-order valence-corrected chi connectivity index (χ2v) is 6.73. The van der Waals surface area contributed by atoms with Gasteiger partial charge in [-0.05, 0) is 50.9 Å². The van der Waals surface area contributed by atoms with Gasteiger partial charge in [0.25, 0.3) is 0 Å². The normalized spacial score (nSPS) is 39.2. The first-order valence-corrected chi connectivity index (χ1v) is 8.36. The van der Waals surface area contributed by atoms with Crippen LogP contribution in [0.4, 0.5) is 0 Å². The molecule has 4 atom stereocenters. The zero-order chi connectivity index (χ0) is 13.9. The van der Waals surface area contributed by atoms with Crippen LogP contribution < -0.4 is 0 Å². The van der Waals surface area contributed by atoms with Crippen molar-refractivity contribution < 1.29 is 14.6 Å². The Kier molecular flexibility index (Phi) is 4.61. The third-order valence-corrected chi connectivity index (χ3v) is 5.48. The van der Waals surface area contributed by atoms with Crippen molar-refractivity contribution in [2.24, 2.45) is 5.92 Å². The second kappa shape index (κ2) is 6.44. The van der Waals surface area contributed by atoms with Crippen molar-refractivity contribution in [3.63, 3.8) is 0 Å². The summed E-state index contributed by atoms with van der Waals surface area (Å²) in [4.78, 5) is 13.9. The molecule has 0 radical (unpaired) electrons. The minimum atomic E-state index is -0.634. The molecule has 0 bridgehead atoms. The molecule has 3 fully saturated rings. The highest BCUT2D eigenvalue weighted by Crippen LogP contribution is 2.38. The van der Waals surface area contributed by atoms with Gasteiger partial charge in [-0.15, -0.1) is 0 Å². The maximum Gasteiger partial charge on any atom is 0.320 e. The SMILES string of the molecule is O=C(O)C1CCC2CCCCC2N1CC1CCCCO1. The molecular formula is C16H27NO3. The molecule has 1 aliphatic carbocycles. The number of carbonyl (C=O) groups is 1. The Morgan fingerprint density at radius 1 is 1.05 bits per heavy atom. The van der Waals surface area contributed by atoms with Gasteiger partial charge in [-0.3, -0.25) is 9.69 Å². The van der Waals surface area contributed by atoms with Gasteiger partial charge in [0, 0.05) is 19.2 Å². The van der Waals surface area contributed by atoms with E-state index in [-0.39, 0.29) is 12.1 Å². The number of rotatable bonds is 3. The summed E-state index contributed by atoms with van der Waals surface area (Å²) in [6.07, 6.45) is 10.7. The Balaban J connectivity index is 1.71. The molecule has 1 N–H and O–H groups in total. The molecule has 2 heterocycles. The lowest BCUT2D eigenvalue weighted by atomic mass is 9.76. The maximum absolute atomic E-state index is 11.6. The zero-order valence-electron chi connectivity index (χ0n) is 12.3. The maximum atomic E-state index is 11.6. The fraction of sp³-hybridized carbons (Fsp3) is 0.938. The third kappa shape index (κ3) is 3.01. The number of hydrogen-bond acceptors (Lipinski definition) is 3. The molecule has 0 amide bonds. The summed E-state index contributed by atoms with van der Waals surface area (Å²) >= 11 is 0. The van der Waals surface area contributed by atoms with Crippen molar-refractivity contribution in [2.75, 3.05) is 13.2 Å². The second-order valence-electron chi connectivity index (χ2n) is 6.73. The lowest BCUT2D eigenvalue weighted by molar-refractivity contribution is -0.150. The minimum Gasteiger partial charge on any atom is -0.480 e. The minimum absolute atomic E-state index is 0.256. The van der Waals surface area contributed by atoms with Gasteiger partial charge in [0.1, 0.15) is 6.04 Å². The molecule has 0 aromatic rings. The monoisotopic (exact) mass is 281 g/mol. The van der Waals surface area contributed by atoms with E-state index in [1.54, 1.807) is 0 Å². The number of nitrogens with zero attached hydrogens (tertiary/aromatic N) is 1. The molecule has 4 nitrogen and oxygen atoms in total. The van der Waals surface area contributed by atoms with Crippen molar-refractivity contribution in [2.45, 2.75) is 76.0 Å². The summed E-state index contributed by atoms with van der Waals surface area (Å²) in [7, 11) is 0. The third-order valence-electron chi connectivity index (χ3n) is 5.48. The van der Waals surface area contributed by atoms with E-state index in [9.17, 15) is 9.90 Å². The fourth-order valence-corrected chi connectivity index (χ4v) is 4.44. The number of hydrogen-bond donors (Lipinski definition) is 1. The van der Waals surface area contributed by atoms with Gasteiger partial charge in [0.15, 0.2) is 0 Å². The highest BCUT2D eigenvalue weighted by Gasteiger charge is 2.42. The molecule has 114 valence electrons. The molecular weight excluding hydrogens is 254 g/mol. The number of piperidine rings is 1. The van der Waals surface area contributed by atoms with Gasteiger partial charge in [0.2, 0.25) is 0 Å². The van der Waals surface area contributed by atoms with Gasteiger partial charge in [0.05, 0.1) is 6.10 Å². The Morgan fingerprint density at radius 2 is 1.85 bits per heavy atom. The van der Waals surface area contributed by atoms with Crippen LogP contribution >= 0.6 is 0 Å². The molecule has 3 rings (SSSR count). The van der Waals surface area contributed by atoms with E-state index in [0.717, 1.165) is 44.8 Å². The fourth-order valence-electron chi connectivity index (χ4n) is 4.44. The highest BCUT2D eigenvalue weighted by atomic mass is 16.5. The lowest BCUT2D eigenvalue weighted by Gasteiger charge is -2.48. The number of carboxylic acid groups (broad SMARTS) is 1. The first-order valence-electron chi connectivity index (χ1n) is 8.36. The van der Waals surface area contributed by atoms with Gasteiger partial charge >= 0.3 is 5.97 Å². The zero-order valence-corrected chi connectivity index (χ0v) is 12.3. The first-order chi connectivity index (χ1) is 9.75. The van der Waals surface area contributed by atoms with Crippen molar-refractivity contribution in [3.05, 3.63) is 0 Å². The van der Waals surface area contributed by atoms with Crippen molar-refractivity contribution in [1.82, 2.24) is 4.90 Å². The predicted molar refractivity (Wildman–Crippen MR) is 76.7 cm³/mol. The lowest BCUT2D eigenvalue weighted by Crippen LogP contribution is -2.57. The number of fused-ring (bicyclic) bond motifs is 1. The molecule has 0 spiro atoms. The average Bonchev–Trinajstić information content (AvgIpc) is 2.48. The smallest absolute Gasteiger partial charge is 0.320 e. The van der Waals surface area contributed by atoms with E-state index >= 15 is 0 Å². The largest absolute Gasteiger partial charge is 0.480 e. The van der Waals surface area contributed by atoms with Crippen LogP contribution in [0.2, 0.25) is 0 Å². The van der Waals surface area contributed by atoms with Gasteiger partial charge < -0.3 is 9.84 Å². The summed E-state index contributed by atoms with van der Waals surface area (Å²) < 4.78 is 5.85. The molecule has 2 aliphatic heterocycles. The van der Waals surface area contributed by atoms with Crippen molar-refractivity contribution >= 4 is 5.97 Å². The van der Waals surface area contributed by atoms with Crippen molar-refractivity contribution in [1.29, 1.82) is 0 Å². The van der Waals surface area contributed by atoms with Crippen LogP contribution in [0.15, 0.2) is 0 Å². The summed E-state index contributed by atoms with van der Waals surface area (Å²) in [6.45, 7) is 1.68.